The van der Waals surface area contributed by atoms with Crippen molar-refractivity contribution in [2.45, 2.75) is 31.9 Å². The molecule has 0 fully saturated rings. The predicted molar refractivity (Wildman–Crippen MR) is 98.1 cm³/mol. The van der Waals surface area contributed by atoms with Crippen LogP contribution in [0.2, 0.25) is 0 Å². The zero-order valence-corrected chi connectivity index (χ0v) is 13.9. The second-order valence-corrected chi connectivity index (χ2v) is 6.34. The summed E-state index contributed by atoms with van der Waals surface area (Å²) in [6, 6.07) is 17.2. The molecule has 4 nitrogen and oxygen atoms in total. The molecule has 1 aromatic heterocycles. The van der Waals surface area contributed by atoms with E-state index in [4.69, 9.17) is 5.73 Å². The summed E-state index contributed by atoms with van der Waals surface area (Å²) in [5.74, 6) is -0.182. The summed E-state index contributed by atoms with van der Waals surface area (Å²) in [4.78, 5) is 15.0. The first-order valence-corrected chi connectivity index (χ1v) is 8.13. The van der Waals surface area contributed by atoms with Gasteiger partial charge < -0.3 is 15.8 Å². The molecule has 3 rings (SSSR count). The van der Waals surface area contributed by atoms with Crippen molar-refractivity contribution < 1.29 is 5.11 Å². The molecule has 0 bridgehead atoms. The van der Waals surface area contributed by atoms with Gasteiger partial charge >= 0.3 is 0 Å². The van der Waals surface area contributed by atoms with Gasteiger partial charge in [-0.25, -0.2) is 0 Å². The Bertz CT molecular complexity index is 890. The lowest BCUT2D eigenvalue weighted by molar-refractivity contribution is 0.152. The van der Waals surface area contributed by atoms with Crippen molar-refractivity contribution >= 4 is 10.9 Å². The van der Waals surface area contributed by atoms with Gasteiger partial charge in [-0.2, -0.15) is 0 Å². The van der Waals surface area contributed by atoms with E-state index in [-0.39, 0.29) is 17.5 Å². The quantitative estimate of drug-likeness (QED) is 0.691. The van der Waals surface area contributed by atoms with Gasteiger partial charge in [0.15, 0.2) is 0 Å². The first-order chi connectivity index (χ1) is 11.5. The maximum Gasteiger partial charge on any atom is 0.249 e. The molecule has 3 aromatic rings. The van der Waals surface area contributed by atoms with Crippen LogP contribution in [0.5, 0.6) is 0 Å². The zero-order chi connectivity index (χ0) is 17.3. The summed E-state index contributed by atoms with van der Waals surface area (Å²) in [6.07, 6.45) is -0.563. The monoisotopic (exact) mass is 322 g/mol. The van der Waals surface area contributed by atoms with Crippen molar-refractivity contribution in [3.63, 3.8) is 0 Å². The number of aromatic nitrogens is 1. The SMILES string of the molecule is CC(N)C(c1ccc2c(-c3ccccc3)cc(=O)[nH]c2c1)C(C)O. The summed E-state index contributed by atoms with van der Waals surface area (Å²) >= 11 is 0. The highest BCUT2D eigenvalue weighted by Gasteiger charge is 2.22. The topological polar surface area (TPSA) is 79.1 Å². The summed E-state index contributed by atoms with van der Waals surface area (Å²) in [7, 11) is 0. The van der Waals surface area contributed by atoms with E-state index in [0.717, 1.165) is 27.6 Å². The van der Waals surface area contributed by atoms with Gasteiger partial charge in [0, 0.05) is 28.9 Å². The number of aliphatic hydroxyl groups excluding tert-OH is 1. The lowest BCUT2D eigenvalue weighted by atomic mass is 9.87. The van der Waals surface area contributed by atoms with E-state index in [1.54, 1.807) is 13.0 Å². The highest BCUT2D eigenvalue weighted by atomic mass is 16.3. The van der Waals surface area contributed by atoms with Crippen LogP contribution < -0.4 is 11.3 Å². The molecule has 0 spiro atoms. The van der Waals surface area contributed by atoms with E-state index in [0.29, 0.717) is 0 Å². The van der Waals surface area contributed by atoms with Crippen molar-refractivity contribution in [3.05, 3.63) is 70.5 Å². The number of aromatic amines is 1. The maximum atomic E-state index is 12.1. The molecule has 0 aliphatic heterocycles. The highest BCUT2D eigenvalue weighted by Crippen LogP contribution is 2.30. The first-order valence-electron chi connectivity index (χ1n) is 8.13. The fourth-order valence-corrected chi connectivity index (χ4v) is 3.36. The fraction of sp³-hybridized carbons (Fsp3) is 0.250. The smallest absolute Gasteiger partial charge is 0.249 e. The average Bonchev–Trinajstić information content (AvgIpc) is 2.54. The minimum absolute atomic E-state index is 0.145. The van der Waals surface area contributed by atoms with Gasteiger partial charge in [0.05, 0.1) is 6.10 Å². The Balaban J connectivity index is 2.20. The van der Waals surface area contributed by atoms with Crippen molar-refractivity contribution in [1.29, 1.82) is 0 Å². The summed E-state index contributed by atoms with van der Waals surface area (Å²) in [5, 5.41) is 11.0. The van der Waals surface area contributed by atoms with E-state index >= 15 is 0 Å². The lowest BCUT2D eigenvalue weighted by Gasteiger charge is -2.24. The highest BCUT2D eigenvalue weighted by molar-refractivity contribution is 5.94. The molecule has 4 heteroatoms. The third-order valence-electron chi connectivity index (χ3n) is 4.42. The number of pyridine rings is 1. The molecule has 0 aliphatic rings. The van der Waals surface area contributed by atoms with Gasteiger partial charge in [-0.3, -0.25) is 4.79 Å². The largest absolute Gasteiger partial charge is 0.393 e. The van der Waals surface area contributed by atoms with Gasteiger partial charge in [-0.05, 0) is 36.6 Å². The molecule has 124 valence electrons. The molecule has 0 saturated carbocycles. The molecule has 3 atom stereocenters. The molecule has 0 saturated heterocycles. The second-order valence-electron chi connectivity index (χ2n) is 6.34. The molecular formula is C20H22N2O2. The Morgan fingerprint density at radius 2 is 1.75 bits per heavy atom. The van der Waals surface area contributed by atoms with Gasteiger partial charge in [0.25, 0.3) is 0 Å². The van der Waals surface area contributed by atoms with Crippen molar-refractivity contribution in [1.82, 2.24) is 4.98 Å². The van der Waals surface area contributed by atoms with Gasteiger partial charge in [0.2, 0.25) is 5.56 Å². The minimum atomic E-state index is -0.563. The number of fused-ring (bicyclic) bond motifs is 1. The van der Waals surface area contributed by atoms with Gasteiger partial charge in [0.1, 0.15) is 0 Å². The summed E-state index contributed by atoms with van der Waals surface area (Å²) < 4.78 is 0. The number of hydrogen-bond donors (Lipinski definition) is 3. The van der Waals surface area contributed by atoms with Crippen LogP contribution in [0.15, 0.2) is 59.4 Å². The summed E-state index contributed by atoms with van der Waals surface area (Å²) in [6.45, 7) is 3.62. The van der Waals surface area contributed by atoms with E-state index in [1.165, 1.54) is 0 Å². The van der Waals surface area contributed by atoms with Crippen LogP contribution in [0.4, 0.5) is 0 Å². The number of benzene rings is 2. The van der Waals surface area contributed by atoms with Crippen LogP contribution in [-0.4, -0.2) is 22.2 Å². The van der Waals surface area contributed by atoms with E-state index in [1.807, 2.05) is 55.5 Å². The summed E-state index contributed by atoms with van der Waals surface area (Å²) in [5.41, 5.74) is 9.47. The Kier molecular flexibility index (Phi) is 4.51. The molecular weight excluding hydrogens is 300 g/mol. The van der Waals surface area contributed by atoms with Crippen LogP contribution in [0.3, 0.4) is 0 Å². The third kappa shape index (κ3) is 3.11. The van der Waals surface area contributed by atoms with Crippen LogP contribution >= 0.6 is 0 Å². The number of aliphatic hydroxyl groups is 1. The van der Waals surface area contributed by atoms with Crippen LogP contribution in [0, 0.1) is 0 Å². The van der Waals surface area contributed by atoms with E-state index < -0.39 is 6.10 Å². The number of nitrogens with two attached hydrogens (primary N) is 1. The number of hydrogen-bond acceptors (Lipinski definition) is 3. The predicted octanol–water partition coefficient (Wildman–Crippen LogP) is 3.01. The Labute approximate surface area is 141 Å². The third-order valence-corrected chi connectivity index (χ3v) is 4.42. The first kappa shape index (κ1) is 16.4. The molecule has 0 aliphatic carbocycles. The van der Waals surface area contributed by atoms with E-state index in [9.17, 15) is 9.90 Å². The van der Waals surface area contributed by atoms with E-state index in [2.05, 4.69) is 4.98 Å². The van der Waals surface area contributed by atoms with Crippen LogP contribution in [0.1, 0.15) is 25.3 Å². The van der Waals surface area contributed by atoms with Gasteiger partial charge in [-0.1, -0.05) is 42.5 Å². The molecule has 24 heavy (non-hydrogen) atoms. The fourth-order valence-electron chi connectivity index (χ4n) is 3.36. The standard InChI is InChI=1S/C20H22N2O2/c1-12(21)20(13(2)23)15-8-9-16-17(14-6-4-3-5-7-14)11-19(24)22-18(16)10-15/h3-13,20,23H,21H2,1-2H3,(H,22,24). The Morgan fingerprint density at radius 3 is 2.38 bits per heavy atom. The average molecular weight is 322 g/mol. The van der Waals surface area contributed by atoms with Crippen molar-refractivity contribution in [2.24, 2.45) is 5.73 Å². The number of rotatable bonds is 4. The maximum absolute atomic E-state index is 12.1. The molecule has 3 unspecified atom stereocenters. The Morgan fingerprint density at radius 1 is 1.04 bits per heavy atom. The molecule has 0 radical (unpaired) electrons. The van der Waals surface area contributed by atoms with Gasteiger partial charge in [-0.15, -0.1) is 0 Å². The molecule has 2 aromatic carbocycles. The van der Waals surface area contributed by atoms with Crippen LogP contribution in [0.25, 0.3) is 22.0 Å². The molecule has 1 heterocycles. The minimum Gasteiger partial charge on any atom is -0.393 e. The van der Waals surface area contributed by atoms with Crippen molar-refractivity contribution in [3.8, 4) is 11.1 Å². The second kappa shape index (κ2) is 6.59. The number of nitrogens with one attached hydrogen (secondary N) is 1. The zero-order valence-electron chi connectivity index (χ0n) is 13.9. The Hall–Kier alpha value is -2.43. The number of H-pyrrole nitrogens is 1. The normalized spacial score (nSPS) is 15.2. The van der Waals surface area contributed by atoms with Crippen molar-refractivity contribution in [2.75, 3.05) is 0 Å². The lowest BCUT2D eigenvalue weighted by Crippen LogP contribution is -2.32. The van der Waals surface area contributed by atoms with Crippen LogP contribution in [-0.2, 0) is 0 Å². The molecule has 4 N–H and O–H groups in total. The molecule has 0 amide bonds.